The van der Waals surface area contributed by atoms with E-state index in [0.717, 1.165) is 5.56 Å². The smallest absolute Gasteiger partial charge is 0.207 e. The number of hydrogen-bond donors (Lipinski definition) is 0. The van der Waals surface area contributed by atoms with Crippen LogP contribution in [0.1, 0.15) is 58.6 Å². The summed E-state index contributed by atoms with van der Waals surface area (Å²) in [6.45, 7) is 12.9. The zero-order valence-corrected chi connectivity index (χ0v) is 14.1. The molecule has 0 fully saturated rings. The molecule has 1 aliphatic rings. The fraction of sp³-hybridized carbons (Fsp3) is 0.625. The van der Waals surface area contributed by atoms with Crippen molar-refractivity contribution in [3.05, 3.63) is 29.3 Å². The minimum Gasteiger partial charge on any atom is -0.207 e. The van der Waals surface area contributed by atoms with Crippen molar-refractivity contribution in [2.24, 2.45) is 0 Å². The van der Waals surface area contributed by atoms with Crippen LogP contribution in [0, 0.1) is 0 Å². The molecule has 0 unspecified atom stereocenters. The highest BCUT2D eigenvalue weighted by Crippen LogP contribution is 2.39. The molecule has 0 N–H and O–H groups in total. The van der Waals surface area contributed by atoms with E-state index in [0.29, 0.717) is 17.4 Å². The molecule has 0 aromatic heterocycles. The highest BCUT2D eigenvalue weighted by molar-refractivity contribution is 7.89. The zero-order valence-electron chi connectivity index (χ0n) is 13.3. The summed E-state index contributed by atoms with van der Waals surface area (Å²) in [5.74, 6) is 0.405. The maximum atomic E-state index is 12.7. The molecule has 0 amide bonds. The molecule has 4 heteroatoms. The molecule has 112 valence electrons. The topological polar surface area (TPSA) is 37.4 Å². The van der Waals surface area contributed by atoms with Crippen LogP contribution in [0.5, 0.6) is 0 Å². The lowest BCUT2D eigenvalue weighted by molar-refractivity contribution is 0.275. The molecule has 0 spiro atoms. The number of fused-ring (bicyclic) bond motifs is 1. The maximum Gasteiger partial charge on any atom is 0.243 e. The first kappa shape index (κ1) is 15.5. The van der Waals surface area contributed by atoms with Gasteiger partial charge in [0.05, 0.1) is 4.90 Å². The second-order valence-corrected chi connectivity index (χ2v) is 8.80. The van der Waals surface area contributed by atoms with Gasteiger partial charge in [0.25, 0.3) is 0 Å². The van der Waals surface area contributed by atoms with Gasteiger partial charge in [0.15, 0.2) is 0 Å². The van der Waals surface area contributed by atoms with Crippen molar-refractivity contribution in [1.29, 1.82) is 0 Å². The third-order valence-electron chi connectivity index (χ3n) is 4.11. The zero-order chi connectivity index (χ0) is 15.3. The van der Waals surface area contributed by atoms with Crippen LogP contribution in [-0.4, -0.2) is 25.3 Å². The molecular weight excluding hydrogens is 270 g/mol. The van der Waals surface area contributed by atoms with E-state index in [1.165, 1.54) is 5.56 Å². The van der Waals surface area contributed by atoms with Crippen LogP contribution < -0.4 is 0 Å². The summed E-state index contributed by atoms with van der Waals surface area (Å²) >= 11 is 0. The van der Waals surface area contributed by atoms with Gasteiger partial charge >= 0.3 is 0 Å². The van der Waals surface area contributed by atoms with Crippen molar-refractivity contribution in [1.82, 2.24) is 4.31 Å². The Morgan fingerprint density at radius 3 is 2.25 bits per heavy atom. The molecule has 1 aromatic rings. The molecule has 0 saturated heterocycles. The fourth-order valence-electron chi connectivity index (χ4n) is 2.81. The molecule has 0 radical (unpaired) electrons. The minimum atomic E-state index is -3.36. The average Bonchev–Trinajstić information content (AvgIpc) is 2.33. The van der Waals surface area contributed by atoms with E-state index >= 15 is 0 Å². The Balaban J connectivity index is 2.69. The van der Waals surface area contributed by atoms with Gasteiger partial charge in [-0.2, -0.15) is 4.31 Å². The monoisotopic (exact) mass is 295 g/mol. The standard InChI is InChI=1S/C16H25NO2S/c1-11(2)13-7-8-15-14(9-13)16(5,6)10-17(12(3)4)20(15,18)19/h7-9,11-12H,10H2,1-6H3. The Labute approximate surface area is 123 Å². The molecule has 2 rings (SSSR count). The number of benzene rings is 1. The van der Waals surface area contributed by atoms with Crippen LogP contribution in [0.4, 0.5) is 0 Å². The number of sulfonamides is 1. The Kier molecular flexibility index (Phi) is 3.76. The van der Waals surface area contributed by atoms with Gasteiger partial charge < -0.3 is 0 Å². The van der Waals surface area contributed by atoms with Crippen LogP contribution >= 0.6 is 0 Å². The lowest BCUT2D eigenvalue weighted by Crippen LogP contribution is -2.49. The normalized spacial score (nSPS) is 21.2. The maximum absolute atomic E-state index is 12.7. The van der Waals surface area contributed by atoms with Crippen molar-refractivity contribution < 1.29 is 8.42 Å². The van der Waals surface area contributed by atoms with Crippen LogP contribution in [0.2, 0.25) is 0 Å². The van der Waals surface area contributed by atoms with Crippen molar-refractivity contribution in [2.75, 3.05) is 6.54 Å². The highest BCUT2D eigenvalue weighted by atomic mass is 32.2. The molecule has 0 saturated carbocycles. The Bertz CT molecular complexity index is 615. The van der Waals surface area contributed by atoms with E-state index in [1.54, 1.807) is 10.4 Å². The Hall–Kier alpha value is -0.870. The number of hydrogen-bond acceptors (Lipinski definition) is 2. The van der Waals surface area contributed by atoms with Crippen LogP contribution in [-0.2, 0) is 15.4 Å². The molecule has 3 nitrogen and oxygen atoms in total. The van der Waals surface area contributed by atoms with Gasteiger partial charge in [-0.3, -0.25) is 0 Å². The molecular formula is C16H25NO2S. The summed E-state index contributed by atoms with van der Waals surface area (Å²) in [6.07, 6.45) is 0. The highest BCUT2D eigenvalue weighted by Gasteiger charge is 2.42. The summed E-state index contributed by atoms with van der Waals surface area (Å²) in [5, 5.41) is 0. The molecule has 1 aromatic carbocycles. The molecule has 0 atom stereocenters. The molecule has 20 heavy (non-hydrogen) atoms. The van der Waals surface area contributed by atoms with Gasteiger partial charge in [0, 0.05) is 18.0 Å². The van der Waals surface area contributed by atoms with Crippen LogP contribution in [0.3, 0.4) is 0 Å². The Morgan fingerprint density at radius 1 is 1.15 bits per heavy atom. The van der Waals surface area contributed by atoms with E-state index in [-0.39, 0.29) is 11.5 Å². The van der Waals surface area contributed by atoms with Gasteiger partial charge in [-0.05, 0) is 37.0 Å². The molecule has 1 heterocycles. The van der Waals surface area contributed by atoms with E-state index in [2.05, 4.69) is 33.8 Å². The predicted octanol–water partition coefficient (Wildman–Crippen LogP) is 3.50. The van der Waals surface area contributed by atoms with Gasteiger partial charge in [-0.1, -0.05) is 39.8 Å². The van der Waals surface area contributed by atoms with E-state index in [9.17, 15) is 8.42 Å². The van der Waals surface area contributed by atoms with Gasteiger partial charge in [-0.15, -0.1) is 0 Å². The van der Waals surface area contributed by atoms with Crippen molar-refractivity contribution >= 4 is 10.0 Å². The van der Waals surface area contributed by atoms with Crippen molar-refractivity contribution in [3.8, 4) is 0 Å². The molecule has 0 bridgehead atoms. The first-order valence-corrected chi connectivity index (χ1v) is 8.67. The summed E-state index contributed by atoms with van der Waals surface area (Å²) in [6, 6.07) is 5.80. The van der Waals surface area contributed by atoms with Crippen LogP contribution in [0.25, 0.3) is 0 Å². The lowest BCUT2D eigenvalue weighted by atomic mass is 9.82. The summed E-state index contributed by atoms with van der Waals surface area (Å²) in [5.41, 5.74) is 2.00. The SMILES string of the molecule is CC(C)c1ccc2c(c1)C(C)(C)CN(C(C)C)S2(=O)=O. The predicted molar refractivity (Wildman–Crippen MR) is 82.6 cm³/mol. The molecule has 1 aliphatic heterocycles. The van der Waals surface area contributed by atoms with Gasteiger partial charge in [0.2, 0.25) is 10.0 Å². The van der Waals surface area contributed by atoms with Gasteiger partial charge in [0.1, 0.15) is 0 Å². The third kappa shape index (κ3) is 2.40. The number of nitrogens with zero attached hydrogens (tertiary/aromatic N) is 1. The first-order valence-electron chi connectivity index (χ1n) is 7.23. The summed E-state index contributed by atoms with van der Waals surface area (Å²) in [4.78, 5) is 0.479. The summed E-state index contributed by atoms with van der Waals surface area (Å²) in [7, 11) is -3.36. The quantitative estimate of drug-likeness (QED) is 0.837. The number of rotatable bonds is 2. The third-order valence-corrected chi connectivity index (χ3v) is 6.19. The van der Waals surface area contributed by atoms with Crippen molar-refractivity contribution in [2.45, 2.75) is 63.8 Å². The van der Waals surface area contributed by atoms with E-state index in [1.807, 2.05) is 19.9 Å². The Morgan fingerprint density at radius 2 is 1.75 bits per heavy atom. The summed E-state index contributed by atoms with van der Waals surface area (Å²) < 4.78 is 27.1. The van der Waals surface area contributed by atoms with Crippen LogP contribution in [0.15, 0.2) is 23.1 Å². The first-order chi connectivity index (χ1) is 9.07. The van der Waals surface area contributed by atoms with Crippen molar-refractivity contribution in [3.63, 3.8) is 0 Å². The molecule has 0 aliphatic carbocycles. The lowest BCUT2D eigenvalue weighted by Gasteiger charge is -2.41. The fourth-order valence-corrected chi connectivity index (χ4v) is 4.96. The second kappa shape index (κ2) is 4.85. The van der Waals surface area contributed by atoms with E-state index in [4.69, 9.17) is 0 Å². The van der Waals surface area contributed by atoms with E-state index < -0.39 is 10.0 Å². The van der Waals surface area contributed by atoms with Gasteiger partial charge in [-0.25, -0.2) is 8.42 Å². The minimum absolute atomic E-state index is 0.0165. The average molecular weight is 295 g/mol. The largest absolute Gasteiger partial charge is 0.243 e. The second-order valence-electron chi connectivity index (χ2n) is 6.94.